The van der Waals surface area contributed by atoms with Gasteiger partial charge in [0.15, 0.2) is 0 Å². The number of pyridine rings is 1. The summed E-state index contributed by atoms with van der Waals surface area (Å²) < 4.78 is 0. The molecule has 0 unspecified atom stereocenters. The van der Waals surface area contributed by atoms with Gasteiger partial charge in [-0.05, 0) is 12.1 Å². The predicted molar refractivity (Wildman–Crippen MR) is 45.7 cm³/mol. The maximum Gasteiger partial charge on any atom is 0.123 e. The van der Waals surface area contributed by atoms with E-state index in [2.05, 4.69) is 16.5 Å². The first kappa shape index (κ1) is 8.08. The van der Waals surface area contributed by atoms with E-state index in [0.29, 0.717) is 5.82 Å². The molecule has 0 aliphatic heterocycles. The molecule has 0 aliphatic rings. The quantitative estimate of drug-likeness (QED) is 0.497. The second-order valence-corrected chi connectivity index (χ2v) is 2.01. The van der Waals surface area contributed by atoms with Gasteiger partial charge in [-0.25, -0.2) is 4.98 Å². The summed E-state index contributed by atoms with van der Waals surface area (Å²) in [6.07, 6.45) is 5.34. The molecule has 0 saturated carbocycles. The number of hydrogen-bond donors (Lipinski definition) is 2. The van der Waals surface area contributed by atoms with Gasteiger partial charge in [-0.2, -0.15) is 5.26 Å². The van der Waals surface area contributed by atoms with Crippen LogP contribution in [0.3, 0.4) is 0 Å². The van der Waals surface area contributed by atoms with Crippen molar-refractivity contribution in [2.75, 3.05) is 11.1 Å². The van der Waals surface area contributed by atoms with Crippen LogP contribution in [0.5, 0.6) is 0 Å². The maximum atomic E-state index is 8.14. The van der Waals surface area contributed by atoms with Crippen LogP contribution in [0.4, 0.5) is 11.5 Å². The number of nitrogens with one attached hydrogen (secondary N) is 1. The molecule has 4 nitrogen and oxygen atoms in total. The molecule has 1 rings (SSSR count). The Bertz CT molecular complexity index is 307. The lowest BCUT2D eigenvalue weighted by Gasteiger charge is -1.97. The van der Waals surface area contributed by atoms with Crippen LogP contribution in [0.2, 0.25) is 0 Å². The van der Waals surface area contributed by atoms with Gasteiger partial charge >= 0.3 is 0 Å². The first-order valence-corrected chi connectivity index (χ1v) is 3.27. The number of nitriles is 1. The van der Waals surface area contributed by atoms with E-state index in [1.54, 1.807) is 24.4 Å². The van der Waals surface area contributed by atoms with Crippen LogP contribution in [0.25, 0.3) is 0 Å². The molecule has 0 fully saturated rings. The Hall–Kier alpha value is -2.02. The summed E-state index contributed by atoms with van der Waals surface area (Å²) in [7, 11) is 0. The topological polar surface area (TPSA) is 74.7 Å². The summed E-state index contributed by atoms with van der Waals surface area (Å²) in [5.74, 6) is 0.463. The highest BCUT2D eigenvalue weighted by Gasteiger charge is 1.87. The van der Waals surface area contributed by atoms with E-state index in [1.807, 2.05) is 0 Å². The van der Waals surface area contributed by atoms with Gasteiger partial charge in [0.2, 0.25) is 0 Å². The van der Waals surface area contributed by atoms with E-state index in [0.717, 1.165) is 5.69 Å². The van der Waals surface area contributed by atoms with Gasteiger partial charge in [-0.1, -0.05) is 0 Å². The van der Waals surface area contributed by atoms with Gasteiger partial charge in [0, 0.05) is 6.08 Å². The van der Waals surface area contributed by atoms with E-state index in [4.69, 9.17) is 11.0 Å². The fraction of sp³-hybridized carbons (Fsp3) is 0. The third kappa shape index (κ3) is 2.31. The number of rotatable bonds is 2. The van der Waals surface area contributed by atoms with Crippen LogP contribution in [-0.2, 0) is 0 Å². The Kier molecular flexibility index (Phi) is 2.68. The number of aromatic nitrogens is 1. The summed E-state index contributed by atoms with van der Waals surface area (Å²) >= 11 is 0. The molecular formula is C8H7N4. The standard InChI is InChI=1S/C8H7N4/c9-4-1-5-11-7-2-3-8(10)12-6-7/h1-3,6,11H,(H2,10,12). The van der Waals surface area contributed by atoms with Crippen LogP contribution in [0.1, 0.15) is 0 Å². The minimum atomic E-state index is 0.463. The van der Waals surface area contributed by atoms with Crippen molar-refractivity contribution in [3.05, 3.63) is 30.6 Å². The Morgan fingerprint density at radius 1 is 1.58 bits per heavy atom. The molecule has 0 atom stereocenters. The smallest absolute Gasteiger partial charge is 0.123 e. The zero-order valence-electron chi connectivity index (χ0n) is 6.28. The van der Waals surface area contributed by atoms with Crippen molar-refractivity contribution in [3.8, 4) is 6.07 Å². The minimum Gasteiger partial charge on any atom is -0.384 e. The molecule has 0 bridgehead atoms. The van der Waals surface area contributed by atoms with Gasteiger partial charge in [0.05, 0.1) is 24.2 Å². The molecular weight excluding hydrogens is 152 g/mol. The highest BCUT2D eigenvalue weighted by molar-refractivity contribution is 5.46. The van der Waals surface area contributed by atoms with Crippen molar-refractivity contribution in [1.29, 1.82) is 5.26 Å². The minimum absolute atomic E-state index is 0.463. The third-order valence-corrected chi connectivity index (χ3v) is 1.14. The lowest BCUT2D eigenvalue weighted by molar-refractivity contribution is 1.32. The van der Waals surface area contributed by atoms with Crippen molar-refractivity contribution >= 4 is 11.5 Å². The zero-order valence-corrected chi connectivity index (χ0v) is 6.28. The molecule has 12 heavy (non-hydrogen) atoms. The van der Waals surface area contributed by atoms with E-state index in [-0.39, 0.29) is 0 Å². The third-order valence-electron chi connectivity index (χ3n) is 1.14. The molecule has 3 N–H and O–H groups in total. The Balaban J connectivity index is 2.60. The Morgan fingerprint density at radius 3 is 3.00 bits per heavy atom. The highest BCUT2D eigenvalue weighted by Crippen LogP contribution is 2.05. The van der Waals surface area contributed by atoms with Crippen LogP contribution < -0.4 is 11.1 Å². The number of allylic oxidation sites excluding steroid dienone is 1. The highest BCUT2D eigenvalue weighted by atomic mass is 14.9. The molecule has 1 heterocycles. The average molecular weight is 159 g/mol. The van der Waals surface area contributed by atoms with Crippen LogP contribution in [0.15, 0.2) is 24.4 Å². The second kappa shape index (κ2) is 3.98. The van der Waals surface area contributed by atoms with Crippen LogP contribution in [-0.4, -0.2) is 4.98 Å². The van der Waals surface area contributed by atoms with E-state index < -0.39 is 0 Å². The van der Waals surface area contributed by atoms with Crippen molar-refractivity contribution in [2.24, 2.45) is 0 Å². The van der Waals surface area contributed by atoms with Gasteiger partial charge in [-0.3, -0.25) is 0 Å². The first-order valence-electron chi connectivity index (χ1n) is 3.27. The van der Waals surface area contributed by atoms with E-state index in [9.17, 15) is 0 Å². The lowest BCUT2D eigenvalue weighted by atomic mass is 10.4. The van der Waals surface area contributed by atoms with Gasteiger partial charge in [0.25, 0.3) is 0 Å². The van der Waals surface area contributed by atoms with Gasteiger partial charge < -0.3 is 11.1 Å². The number of nitrogens with two attached hydrogens (primary N) is 1. The molecule has 0 saturated heterocycles. The first-order chi connectivity index (χ1) is 5.83. The summed E-state index contributed by atoms with van der Waals surface area (Å²) in [5, 5.41) is 10.9. The van der Waals surface area contributed by atoms with Crippen molar-refractivity contribution in [2.45, 2.75) is 0 Å². The molecule has 59 valence electrons. The fourth-order valence-corrected chi connectivity index (χ4v) is 0.631. The molecule has 0 amide bonds. The summed E-state index contributed by atoms with van der Waals surface area (Å²) in [6.45, 7) is 0. The average Bonchev–Trinajstić information content (AvgIpc) is 2.09. The molecule has 0 spiro atoms. The Labute approximate surface area is 70.3 Å². The number of nitrogens with zero attached hydrogens (tertiary/aromatic N) is 2. The normalized spacial score (nSPS) is 9.58. The van der Waals surface area contributed by atoms with Crippen LogP contribution in [0, 0.1) is 17.5 Å². The predicted octanol–water partition coefficient (Wildman–Crippen LogP) is 0.916. The number of anilines is 2. The largest absolute Gasteiger partial charge is 0.384 e. The SMILES string of the molecule is N#C/C=[C]/Nc1ccc(N)nc1. The molecule has 1 aromatic rings. The van der Waals surface area contributed by atoms with E-state index >= 15 is 0 Å². The summed E-state index contributed by atoms with van der Waals surface area (Å²) in [5.41, 5.74) is 6.11. The monoisotopic (exact) mass is 159 g/mol. The zero-order chi connectivity index (χ0) is 8.81. The second-order valence-electron chi connectivity index (χ2n) is 2.01. The molecule has 1 aromatic heterocycles. The van der Waals surface area contributed by atoms with Crippen molar-refractivity contribution < 1.29 is 0 Å². The van der Waals surface area contributed by atoms with Gasteiger partial charge in [0.1, 0.15) is 5.82 Å². The molecule has 0 aliphatic carbocycles. The number of hydrogen-bond acceptors (Lipinski definition) is 4. The fourth-order valence-electron chi connectivity index (χ4n) is 0.631. The molecule has 0 aromatic carbocycles. The number of nitrogen functional groups attached to an aromatic ring is 1. The van der Waals surface area contributed by atoms with Crippen LogP contribution >= 0.6 is 0 Å². The Morgan fingerprint density at radius 2 is 2.42 bits per heavy atom. The van der Waals surface area contributed by atoms with Crippen molar-refractivity contribution in [1.82, 2.24) is 4.98 Å². The summed E-state index contributed by atoms with van der Waals surface area (Å²) in [4.78, 5) is 3.84. The van der Waals surface area contributed by atoms with Gasteiger partial charge in [-0.15, -0.1) is 0 Å². The van der Waals surface area contributed by atoms with E-state index in [1.165, 1.54) is 6.08 Å². The summed E-state index contributed by atoms with van der Waals surface area (Å²) in [6, 6.07) is 5.22. The lowest BCUT2D eigenvalue weighted by Crippen LogP contribution is -1.92. The molecule has 4 heteroatoms. The maximum absolute atomic E-state index is 8.14. The van der Waals surface area contributed by atoms with Crippen molar-refractivity contribution in [3.63, 3.8) is 0 Å². The molecule has 1 radical (unpaired) electrons.